The van der Waals surface area contributed by atoms with Gasteiger partial charge in [-0.1, -0.05) is 88.8 Å². The van der Waals surface area contributed by atoms with Crippen molar-refractivity contribution in [2.75, 3.05) is 36.0 Å². The van der Waals surface area contributed by atoms with Crippen molar-refractivity contribution in [1.29, 1.82) is 0 Å². The van der Waals surface area contributed by atoms with Gasteiger partial charge >= 0.3 is 0 Å². The van der Waals surface area contributed by atoms with Crippen LogP contribution in [0.2, 0.25) is 0 Å². The standard InChI is InChI=1S/C48H62N4/c1-7-11-35-49(36-12-8-2)41-23-27-45(28-24-41)52(46-29-25-42(26-30-46)50(37-13-9-3)38-14-10-4)48-33-31-47(32-34-48)51(43-19-15-39(5)16-20-43)44-21-17-40(6)18-22-44/h15-34H,7-14,35-38H2,1-6H3/q+2. The average molecular weight is 695 g/mol. The van der Waals surface area contributed by atoms with E-state index < -0.39 is 0 Å². The van der Waals surface area contributed by atoms with Crippen molar-refractivity contribution in [1.82, 2.24) is 9.15 Å². The molecule has 4 nitrogen and oxygen atoms in total. The second kappa shape index (κ2) is 19.8. The highest BCUT2D eigenvalue weighted by atomic mass is 15.1. The number of benzene rings is 4. The Balaban J connectivity index is 1.59. The van der Waals surface area contributed by atoms with Crippen LogP contribution >= 0.6 is 0 Å². The van der Waals surface area contributed by atoms with E-state index in [1.807, 2.05) is 0 Å². The molecule has 52 heavy (non-hydrogen) atoms. The molecule has 0 unspecified atom stereocenters. The molecule has 0 heterocycles. The quantitative estimate of drug-likeness (QED) is 0.0759. The number of unbranched alkanes of at least 4 members (excludes halogenated alkanes) is 4. The van der Waals surface area contributed by atoms with Crippen molar-refractivity contribution in [3.63, 3.8) is 0 Å². The lowest BCUT2D eigenvalue weighted by Crippen LogP contribution is -2.26. The van der Waals surface area contributed by atoms with E-state index >= 15 is 0 Å². The minimum atomic E-state index is 1.10. The van der Waals surface area contributed by atoms with Gasteiger partial charge in [0.25, 0.3) is 0 Å². The number of hydrogen-bond donors (Lipinski definition) is 0. The first-order valence-electron chi connectivity index (χ1n) is 20.0. The van der Waals surface area contributed by atoms with Crippen molar-refractivity contribution in [2.24, 2.45) is 0 Å². The van der Waals surface area contributed by atoms with Gasteiger partial charge in [-0.05, 0) is 63.8 Å². The normalized spacial score (nSPS) is 12.3. The van der Waals surface area contributed by atoms with E-state index in [9.17, 15) is 0 Å². The lowest BCUT2D eigenvalue weighted by atomic mass is 10.1. The van der Waals surface area contributed by atoms with Crippen molar-refractivity contribution >= 4 is 45.5 Å². The fraction of sp³-hybridized carbons (Fsp3) is 0.375. The van der Waals surface area contributed by atoms with Gasteiger partial charge in [0.15, 0.2) is 0 Å². The minimum Gasteiger partial charge on any atom is -0.372 e. The first-order chi connectivity index (χ1) is 25.4. The molecule has 4 aromatic rings. The summed E-state index contributed by atoms with van der Waals surface area (Å²) in [5, 5.41) is 0. The largest absolute Gasteiger partial charge is 0.372 e. The summed E-state index contributed by atoms with van der Waals surface area (Å²) in [6, 6.07) is 36.2. The molecule has 1 aliphatic carbocycles. The zero-order chi connectivity index (χ0) is 36.7. The number of anilines is 2. The summed E-state index contributed by atoms with van der Waals surface area (Å²) in [5.74, 6) is 0. The highest BCUT2D eigenvalue weighted by Gasteiger charge is 2.24. The van der Waals surface area contributed by atoms with E-state index in [1.54, 1.807) is 0 Å². The van der Waals surface area contributed by atoms with E-state index in [4.69, 9.17) is 0 Å². The second-order valence-corrected chi connectivity index (χ2v) is 14.3. The monoisotopic (exact) mass is 694 g/mol. The Hall–Kier alpha value is -4.70. The molecule has 0 saturated carbocycles. The molecule has 0 spiro atoms. The SMILES string of the molecule is CCCCN(CCCC)c1ccc([N+](=C2C=CC(=[N+](c3ccc(C)cc3)c3ccc(C)cc3)C=C2)c2ccc(N(CCCC)CCCC)cc2)cc1. The summed E-state index contributed by atoms with van der Waals surface area (Å²) in [7, 11) is 0. The van der Waals surface area contributed by atoms with Crippen LogP contribution in [0.1, 0.15) is 90.2 Å². The van der Waals surface area contributed by atoms with Gasteiger partial charge in [0.1, 0.15) is 0 Å². The fourth-order valence-electron chi connectivity index (χ4n) is 6.79. The molecular weight excluding hydrogens is 633 g/mol. The maximum absolute atomic E-state index is 2.57. The number of nitrogens with zero attached hydrogens (tertiary/aromatic N) is 4. The van der Waals surface area contributed by atoms with Crippen LogP contribution in [0.4, 0.5) is 34.1 Å². The summed E-state index contributed by atoms with van der Waals surface area (Å²) in [6.45, 7) is 17.8. The average Bonchev–Trinajstić information content (AvgIpc) is 3.18. The molecule has 0 fully saturated rings. The third kappa shape index (κ3) is 10.2. The Kier molecular flexibility index (Phi) is 14.7. The number of allylic oxidation sites excluding steroid dienone is 4. The molecule has 4 heteroatoms. The van der Waals surface area contributed by atoms with Gasteiger partial charge in [-0.2, -0.15) is 9.15 Å². The van der Waals surface area contributed by atoms with Crippen LogP contribution in [0.15, 0.2) is 121 Å². The summed E-state index contributed by atoms with van der Waals surface area (Å²) in [6.07, 6.45) is 18.8. The van der Waals surface area contributed by atoms with E-state index in [-0.39, 0.29) is 0 Å². The molecule has 0 atom stereocenters. The fourth-order valence-corrected chi connectivity index (χ4v) is 6.79. The van der Waals surface area contributed by atoms with Gasteiger partial charge in [0, 0.05) is 110 Å². The molecule has 0 aliphatic heterocycles. The zero-order valence-electron chi connectivity index (χ0n) is 32.8. The van der Waals surface area contributed by atoms with Crippen LogP contribution < -0.4 is 19.0 Å². The Morgan fingerprint density at radius 1 is 0.365 bits per heavy atom. The highest BCUT2D eigenvalue weighted by Crippen LogP contribution is 2.29. The number of hydrogen-bond acceptors (Lipinski definition) is 2. The van der Waals surface area contributed by atoms with E-state index in [0.29, 0.717) is 0 Å². The van der Waals surface area contributed by atoms with Gasteiger partial charge < -0.3 is 9.80 Å². The molecule has 0 bridgehead atoms. The van der Waals surface area contributed by atoms with Crippen LogP contribution in [0.25, 0.3) is 0 Å². The summed E-state index contributed by atoms with van der Waals surface area (Å²) >= 11 is 0. The molecule has 0 radical (unpaired) electrons. The van der Waals surface area contributed by atoms with Crippen LogP contribution in [0.3, 0.4) is 0 Å². The Morgan fingerprint density at radius 3 is 0.865 bits per heavy atom. The Labute approximate surface area is 315 Å². The maximum Gasteiger partial charge on any atom is 0.212 e. The number of aryl methyl sites for hydroxylation is 2. The van der Waals surface area contributed by atoms with Crippen LogP contribution in [0, 0.1) is 13.8 Å². The van der Waals surface area contributed by atoms with Gasteiger partial charge in [0.2, 0.25) is 34.2 Å². The summed E-state index contributed by atoms with van der Waals surface area (Å²) < 4.78 is 4.75. The minimum absolute atomic E-state index is 1.10. The van der Waals surface area contributed by atoms with E-state index in [2.05, 4.69) is 182 Å². The first kappa shape index (κ1) is 38.5. The molecule has 0 saturated heterocycles. The predicted molar refractivity (Wildman–Crippen MR) is 231 cm³/mol. The lowest BCUT2D eigenvalue weighted by Gasteiger charge is -2.25. The third-order valence-corrected chi connectivity index (χ3v) is 10.0. The smallest absolute Gasteiger partial charge is 0.212 e. The third-order valence-electron chi connectivity index (χ3n) is 10.0. The van der Waals surface area contributed by atoms with Crippen molar-refractivity contribution in [3.05, 3.63) is 132 Å². The molecule has 5 rings (SSSR count). The Bertz CT molecular complexity index is 1660. The van der Waals surface area contributed by atoms with Gasteiger partial charge in [-0.25, -0.2) is 0 Å². The van der Waals surface area contributed by atoms with Crippen LogP contribution in [-0.4, -0.2) is 37.6 Å². The molecule has 0 N–H and O–H groups in total. The highest BCUT2D eigenvalue weighted by molar-refractivity contribution is 6.20. The van der Waals surface area contributed by atoms with Crippen molar-refractivity contribution in [2.45, 2.75) is 92.9 Å². The summed E-state index contributed by atoms with van der Waals surface area (Å²) in [4.78, 5) is 5.13. The molecule has 1 aliphatic rings. The molecule has 272 valence electrons. The van der Waals surface area contributed by atoms with Crippen molar-refractivity contribution in [3.8, 4) is 0 Å². The Morgan fingerprint density at radius 2 is 0.615 bits per heavy atom. The first-order valence-corrected chi connectivity index (χ1v) is 20.0. The predicted octanol–water partition coefficient (Wildman–Crippen LogP) is 12.5. The summed E-state index contributed by atoms with van der Waals surface area (Å²) in [5.41, 5.74) is 12.0. The van der Waals surface area contributed by atoms with Crippen LogP contribution in [0.5, 0.6) is 0 Å². The topological polar surface area (TPSA) is 12.5 Å². The maximum atomic E-state index is 2.57. The van der Waals surface area contributed by atoms with Gasteiger partial charge in [-0.15, -0.1) is 0 Å². The van der Waals surface area contributed by atoms with Gasteiger partial charge in [-0.3, -0.25) is 0 Å². The van der Waals surface area contributed by atoms with E-state index in [0.717, 1.165) is 60.4 Å². The molecule has 0 aromatic heterocycles. The molecular formula is C48H62N4+2. The molecule has 4 aromatic carbocycles. The zero-order valence-corrected chi connectivity index (χ0v) is 32.8. The lowest BCUT2D eigenvalue weighted by molar-refractivity contribution is 0.678. The van der Waals surface area contributed by atoms with E-state index in [1.165, 1.54) is 73.9 Å². The van der Waals surface area contributed by atoms with Crippen molar-refractivity contribution < 1.29 is 0 Å². The van der Waals surface area contributed by atoms with Crippen LogP contribution in [-0.2, 0) is 0 Å². The second-order valence-electron chi connectivity index (χ2n) is 14.3. The number of rotatable bonds is 18. The van der Waals surface area contributed by atoms with Gasteiger partial charge in [0.05, 0.1) is 0 Å². The molecule has 0 amide bonds.